The molecule has 0 aromatic carbocycles. The Labute approximate surface area is 122 Å². The van der Waals surface area contributed by atoms with Gasteiger partial charge in [-0.05, 0) is 25.8 Å². The van der Waals surface area contributed by atoms with E-state index in [1.54, 1.807) is 16.8 Å². The van der Waals surface area contributed by atoms with Gasteiger partial charge in [0, 0.05) is 11.9 Å². The van der Waals surface area contributed by atoms with E-state index in [4.69, 9.17) is 0 Å². The van der Waals surface area contributed by atoms with E-state index in [9.17, 15) is 9.90 Å². The molecule has 0 aliphatic heterocycles. The first kappa shape index (κ1) is 13.9. The van der Waals surface area contributed by atoms with Gasteiger partial charge < -0.3 is 10.4 Å². The van der Waals surface area contributed by atoms with Gasteiger partial charge in [-0.2, -0.15) is 4.98 Å². The lowest BCUT2D eigenvalue weighted by atomic mass is 9.82. The number of hydrogen-bond acceptors (Lipinski definition) is 5. The molecule has 3 rings (SSSR count). The molecule has 7 heteroatoms. The zero-order valence-corrected chi connectivity index (χ0v) is 12.0. The molecule has 112 valence electrons. The lowest BCUT2D eigenvalue weighted by Crippen LogP contribution is -2.52. The van der Waals surface area contributed by atoms with Gasteiger partial charge in [-0.15, -0.1) is 5.10 Å². The summed E-state index contributed by atoms with van der Waals surface area (Å²) < 4.78 is 1.54. The molecule has 0 radical (unpaired) electrons. The molecule has 1 aliphatic carbocycles. The summed E-state index contributed by atoms with van der Waals surface area (Å²) in [4.78, 5) is 20.6. The van der Waals surface area contributed by atoms with Gasteiger partial charge in [-0.25, -0.2) is 9.50 Å². The van der Waals surface area contributed by atoms with E-state index in [1.807, 2.05) is 6.92 Å². The van der Waals surface area contributed by atoms with Crippen LogP contribution in [0.4, 0.5) is 0 Å². The standard InChI is InChI=1S/C14H19N5O2/c1-10-5-8-15-13-16-11(18-19(10)13)12(21)17-14(9-20)6-3-2-4-7-14/h5,8,20H,2-4,6-7,9H2,1H3,(H,17,21). The topological polar surface area (TPSA) is 92.4 Å². The number of carbonyl (C=O) groups is 1. The second kappa shape index (κ2) is 5.40. The minimum absolute atomic E-state index is 0.0522. The Kier molecular flexibility index (Phi) is 3.59. The summed E-state index contributed by atoms with van der Waals surface area (Å²) in [5.41, 5.74) is 0.330. The number of carbonyl (C=O) groups excluding carboxylic acids is 1. The monoisotopic (exact) mass is 289 g/mol. The molecule has 2 aromatic rings. The molecular weight excluding hydrogens is 270 g/mol. The van der Waals surface area contributed by atoms with Crippen LogP contribution in [0.3, 0.4) is 0 Å². The van der Waals surface area contributed by atoms with Crippen LogP contribution < -0.4 is 5.32 Å². The van der Waals surface area contributed by atoms with Crippen LogP contribution in [0.25, 0.3) is 5.78 Å². The van der Waals surface area contributed by atoms with E-state index in [-0.39, 0.29) is 18.3 Å². The van der Waals surface area contributed by atoms with Gasteiger partial charge in [-0.1, -0.05) is 19.3 Å². The number of aliphatic hydroxyl groups excluding tert-OH is 1. The maximum absolute atomic E-state index is 12.4. The Morgan fingerprint density at radius 1 is 1.43 bits per heavy atom. The van der Waals surface area contributed by atoms with Crippen molar-refractivity contribution in [2.75, 3.05) is 6.61 Å². The van der Waals surface area contributed by atoms with E-state index in [1.165, 1.54) is 0 Å². The van der Waals surface area contributed by atoms with Crippen LogP contribution in [0.15, 0.2) is 12.3 Å². The predicted octanol–water partition coefficient (Wildman–Crippen LogP) is 0.858. The lowest BCUT2D eigenvalue weighted by molar-refractivity contribution is 0.0749. The van der Waals surface area contributed by atoms with E-state index in [0.717, 1.165) is 37.8 Å². The van der Waals surface area contributed by atoms with E-state index < -0.39 is 5.54 Å². The maximum atomic E-state index is 12.4. The van der Waals surface area contributed by atoms with E-state index in [0.29, 0.717) is 5.78 Å². The number of fused-ring (bicyclic) bond motifs is 1. The number of aliphatic hydroxyl groups is 1. The predicted molar refractivity (Wildman–Crippen MR) is 75.9 cm³/mol. The molecule has 21 heavy (non-hydrogen) atoms. The van der Waals surface area contributed by atoms with Crippen molar-refractivity contribution >= 4 is 11.7 Å². The molecule has 1 aliphatic rings. The van der Waals surface area contributed by atoms with Crippen molar-refractivity contribution in [2.24, 2.45) is 0 Å². The normalized spacial score (nSPS) is 17.8. The number of nitrogens with one attached hydrogen (secondary N) is 1. The van der Waals surface area contributed by atoms with Crippen molar-refractivity contribution in [1.29, 1.82) is 0 Å². The van der Waals surface area contributed by atoms with Gasteiger partial charge in [0.15, 0.2) is 0 Å². The fourth-order valence-electron chi connectivity index (χ4n) is 2.85. The van der Waals surface area contributed by atoms with Gasteiger partial charge in [0.05, 0.1) is 12.1 Å². The molecular formula is C14H19N5O2. The summed E-state index contributed by atoms with van der Waals surface area (Å²) in [6.07, 6.45) is 6.39. The number of aryl methyl sites for hydroxylation is 1. The molecule has 2 heterocycles. The highest BCUT2D eigenvalue weighted by Crippen LogP contribution is 2.27. The summed E-state index contributed by atoms with van der Waals surface area (Å²) in [6.45, 7) is 1.82. The summed E-state index contributed by atoms with van der Waals surface area (Å²) in [6, 6.07) is 1.81. The van der Waals surface area contributed by atoms with Crippen LogP contribution in [0, 0.1) is 6.92 Å². The highest BCUT2D eigenvalue weighted by molar-refractivity contribution is 5.91. The second-order valence-electron chi connectivity index (χ2n) is 5.69. The summed E-state index contributed by atoms with van der Waals surface area (Å²) in [5.74, 6) is 0.146. The zero-order valence-electron chi connectivity index (χ0n) is 12.0. The highest BCUT2D eigenvalue weighted by atomic mass is 16.3. The number of nitrogens with zero attached hydrogens (tertiary/aromatic N) is 4. The molecule has 1 fully saturated rings. The number of amides is 1. The van der Waals surface area contributed by atoms with Crippen molar-refractivity contribution in [3.8, 4) is 0 Å². The number of aromatic nitrogens is 4. The van der Waals surface area contributed by atoms with Gasteiger partial charge in [0.2, 0.25) is 5.82 Å². The molecule has 0 unspecified atom stereocenters. The largest absolute Gasteiger partial charge is 0.394 e. The molecule has 7 nitrogen and oxygen atoms in total. The van der Waals surface area contributed by atoms with E-state index in [2.05, 4.69) is 20.4 Å². The van der Waals surface area contributed by atoms with Crippen LogP contribution in [0.2, 0.25) is 0 Å². The quantitative estimate of drug-likeness (QED) is 0.874. The van der Waals surface area contributed by atoms with Gasteiger partial charge in [-0.3, -0.25) is 4.79 Å². The van der Waals surface area contributed by atoms with Gasteiger partial charge in [0.25, 0.3) is 11.7 Å². The Morgan fingerprint density at radius 3 is 2.86 bits per heavy atom. The first-order chi connectivity index (χ1) is 10.1. The molecule has 2 aromatic heterocycles. The average Bonchev–Trinajstić information content (AvgIpc) is 2.94. The van der Waals surface area contributed by atoms with Crippen molar-refractivity contribution in [3.05, 3.63) is 23.8 Å². The van der Waals surface area contributed by atoms with Gasteiger partial charge >= 0.3 is 0 Å². The van der Waals surface area contributed by atoms with E-state index >= 15 is 0 Å². The average molecular weight is 289 g/mol. The Balaban J connectivity index is 1.84. The summed E-state index contributed by atoms with van der Waals surface area (Å²) >= 11 is 0. The van der Waals surface area contributed by atoms with Crippen LogP contribution in [-0.4, -0.2) is 42.7 Å². The smallest absolute Gasteiger partial charge is 0.291 e. The second-order valence-corrected chi connectivity index (χ2v) is 5.69. The summed E-state index contributed by atoms with van der Waals surface area (Å²) in [7, 11) is 0. The third-order valence-corrected chi connectivity index (χ3v) is 4.13. The number of hydrogen-bond donors (Lipinski definition) is 2. The van der Waals surface area contributed by atoms with Crippen molar-refractivity contribution < 1.29 is 9.90 Å². The fraction of sp³-hybridized carbons (Fsp3) is 0.571. The van der Waals surface area contributed by atoms with Crippen LogP contribution >= 0.6 is 0 Å². The minimum atomic E-state index is -0.532. The lowest BCUT2D eigenvalue weighted by Gasteiger charge is -2.36. The molecule has 1 saturated carbocycles. The molecule has 0 saturated heterocycles. The zero-order chi connectivity index (χ0) is 14.9. The fourth-order valence-corrected chi connectivity index (χ4v) is 2.85. The van der Waals surface area contributed by atoms with Crippen LogP contribution in [0.1, 0.15) is 48.4 Å². The SMILES string of the molecule is Cc1ccnc2nc(C(=O)NC3(CO)CCCCC3)nn12. The molecule has 2 N–H and O–H groups in total. The molecule has 0 atom stereocenters. The maximum Gasteiger partial charge on any atom is 0.291 e. The van der Waals surface area contributed by atoms with Crippen LogP contribution in [0.5, 0.6) is 0 Å². The molecule has 1 amide bonds. The first-order valence-electron chi connectivity index (χ1n) is 7.25. The van der Waals surface area contributed by atoms with Crippen molar-refractivity contribution in [1.82, 2.24) is 24.9 Å². The van der Waals surface area contributed by atoms with Crippen LogP contribution in [-0.2, 0) is 0 Å². The van der Waals surface area contributed by atoms with Crippen molar-refractivity contribution in [2.45, 2.75) is 44.6 Å². The molecule has 0 spiro atoms. The van der Waals surface area contributed by atoms with Crippen molar-refractivity contribution in [3.63, 3.8) is 0 Å². The Bertz CT molecular complexity index is 660. The third-order valence-electron chi connectivity index (χ3n) is 4.13. The molecule has 0 bridgehead atoms. The number of rotatable bonds is 3. The third kappa shape index (κ3) is 2.61. The minimum Gasteiger partial charge on any atom is -0.394 e. The first-order valence-corrected chi connectivity index (χ1v) is 7.25. The Hall–Kier alpha value is -2.02. The highest BCUT2D eigenvalue weighted by Gasteiger charge is 2.34. The Morgan fingerprint density at radius 2 is 2.19 bits per heavy atom. The summed E-state index contributed by atoms with van der Waals surface area (Å²) in [5, 5.41) is 16.8. The van der Waals surface area contributed by atoms with Gasteiger partial charge in [0.1, 0.15) is 0 Å².